The predicted molar refractivity (Wildman–Crippen MR) is 105 cm³/mol. The van der Waals surface area contributed by atoms with Crippen LogP contribution in [0.4, 0.5) is 5.69 Å². The number of nitrogens with one attached hydrogen (secondary N) is 2. The minimum atomic E-state index is -3.85. The second-order valence-electron chi connectivity index (χ2n) is 4.95. The van der Waals surface area contributed by atoms with Crippen LogP contribution in [0, 0.1) is 3.57 Å². The molecule has 0 atom stereocenters. The molecule has 0 unspecified atom stereocenters. The summed E-state index contributed by atoms with van der Waals surface area (Å²) in [6, 6.07) is 10.9. The van der Waals surface area contributed by atoms with Crippen molar-refractivity contribution in [3.05, 3.63) is 64.3 Å². The fourth-order valence-electron chi connectivity index (χ4n) is 2.05. The van der Waals surface area contributed by atoms with Gasteiger partial charge in [-0.05, 0) is 52.9 Å². The number of benzene rings is 2. The molecule has 8 heteroatoms. The van der Waals surface area contributed by atoms with E-state index < -0.39 is 10.0 Å². The largest absolute Gasteiger partial charge is 0.496 e. The highest BCUT2D eigenvalue weighted by Gasteiger charge is 2.19. The van der Waals surface area contributed by atoms with Crippen molar-refractivity contribution in [2.75, 3.05) is 18.4 Å². The Hall–Kier alpha value is -2.07. The summed E-state index contributed by atoms with van der Waals surface area (Å²) in [5, 5.41) is 2.63. The Labute approximate surface area is 160 Å². The van der Waals surface area contributed by atoms with Crippen LogP contribution in [-0.4, -0.2) is 28.0 Å². The first-order chi connectivity index (χ1) is 11.9. The van der Waals surface area contributed by atoms with Crippen LogP contribution >= 0.6 is 22.6 Å². The first kappa shape index (κ1) is 19.3. The van der Waals surface area contributed by atoms with Gasteiger partial charge in [-0.25, -0.2) is 8.42 Å². The summed E-state index contributed by atoms with van der Waals surface area (Å²) >= 11 is 2.00. The quantitative estimate of drug-likeness (QED) is 0.480. The summed E-state index contributed by atoms with van der Waals surface area (Å²) in [6.07, 6.45) is 1.55. The number of methoxy groups -OCH3 is 1. The number of amides is 1. The van der Waals surface area contributed by atoms with E-state index in [1.54, 1.807) is 30.3 Å². The molecule has 2 aromatic carbocycles. The van der Waals surface area contributed by atoms with Gasteiger partial charge in [0.05, 0.1) is 26.8 Å². The lowest BCUT2D eigenvalue weighted by Gasteiger charge is -2.13. The first-order valence-corrected chi connectivity index (χ1v) is 9.79. The third-order valence-electron chi connectivity index (χ3n) is 3.26. The van der Waals surface area contributed by atoms with Gasteiger partial charge in [-0.3, -0.25) is 9.52 Å². The van der Waals surface area contributed by atoms with E-state index in [2.05, 4.69) is 16.6 Å². The highest BCUT2D eigenvalue weighted by Crippen LogP contribution is 2.26. The van der Waals surface area contributed by atoms with Crippen molar-refractivity contribution in [1.29, 1.82) is 0 Å². The van der Waals surface area contributed by atoms with Crippen molar-refractivity contribution in [1.82, 2.24) is 5.32 Å². The summed E-state index contributed by atoms with van der Waals surface area (Å²) in [5.74, 6) is 0.200. The molecule has 0 radical (unpaired) electrons. The zero-order valence-electron chi connectivity index (χ0n) is 13.5. The first-order valence-electron chi connectivity index (χ1n) is 7.23. The zero-order chi connectivity index (χ0) is 18.4. The summed E-state index contributed by atoms with van der Waals surface area (Å²) in [5.41, 5.74) is 0.436. The van der Waals surface area contributed by atoms with Crippen molar-refractivity contribution in [2.45, 2.75) is 4.90 Å². The molecule has 0 heterocycles. The molecular weight excluding hydrogens is 455 g/mol. The van der Waals surface area contributed by atoms with Gasteiger partial charge in [-0.2, -0.15) is 0 Å². The molecule has 0 saturated carbocycles. The third kappa shape index (κ3) is 4.73. The second kappa shape index (κ2) is 8.34. The Bertz CT molecular complexity index is 897. The standard InChI is InChI=1S/C17H17IN2O4S/c1-3-10-19-17(21)13-6-4-5-7-15(13)20-25(22,23)12-8-9-16(24-2)14(18)11-12/h3-9,11,20H,1,10H2,2H3,(H,19,21). The normalized spacial score (nSPS) is 10.8. The topological polar surface area (TPSA) is 84.5 Å². The lowest BCUT2D eigenvalue weighted by molar-refractivity contribution is 0.0959. The number of rotatable bonds is 7. The number of ether oxygens (including phenoxy) is 1. The van der Waals surface area contributed by atoms with E-state index in [0.29, 0.717) is 9.32 Å². The lowest BCUT2D eigenvalue weighted by Crippen LogP contribution is -2.25. The smallest absolute Gasteiger partial charge is 0.261 e. The molecule has 0 aromatic heterocycles. The minimum absolute atomic E-state index is 0.0824. The van der Waals surface area contributed by atoms with Gasteiger partial charge in [0.2, 0.25) is 0 Å². The lowest BCUT2D eigenvalue weighted by atomic mass is 10.1. The van der Waals surface area contributed by atoms with E-state index in [4.69, 9.17) is 4.74 Å². The molecule has 132 valence electrons. The Morgan fingerprint density at radius 2 is 2.00 bits per heavy atom. The maximum Gasteiger partial charge on any atom is 0.261 e. The third-order valence-corrected chi connectivity index (χ3v) is 5.46. The van der Waals surface area contributed by atoms with Gasteiger partial charge >= 0.3 is 0 Å². The highest BCUT2D eigenvalue weighted by molar-refractivity contribution is 14.1. The Morgan fingerprint density at radius 3 is 2.64 bits per heavy atom. The Balaban J connectivity index is 2.34. The van der Waals surface area contributed by atoms with Gasteiger partial charge < -0.3 is 10.1 Å². The molecule has 25 heavy (non-hydrogen) atoms. The average molecular weight is 472 g/mol. The summed E-state index contributed by atoms with van der Waals surface area (Å²) < 4.78 is 33.5. The number of sulfonamides is 1. The van der Waals surface area contributed by atoms with Crippen molar-refractivity contribution >= 4 is 44.2 Å². The minimum Gasteiger partial charge on any atom is -0.496 e. The molecule has 1 amide bonds. The number of halogens is 1. The Kier molecular flexibility index (Phi) is 6.43. The molecule has 0 aliphatic rings. The van der Waals surface area contributed by atoms with Crippen molar-refractivity contribution in [3.8, 4) is 5.75 Å². The number of carbonyl (C=O) groups excluding carboxylic acids is 1. The summed E-state index contributed by atoms with van der Waals surface area (Å²) in [4.78, 5) is 12.3. The van der Waals surface area contributed by atoms with Crippen molar-refractivity contribution in [3.63, 3.8) is 0 Å². The Morgan fingerprint density at radius 1 is 1.28 bits per heavy atom. The van der Waals surface area contributed by atoms with Crippen LogP contribution in [0.3, 0.4) is 0 Å². The van der Waals surface area contributed by atoms with Crippen molar-refractivity contribution < 1.29 is 17.9 Å². The van der Waals surface area contributed by atoms with Gasteiger partial charge in [0.1, 0.15) is 5.75 Å². The summed E-state index contributed by atoms with van der Waals surface area (Å²) in [7, 11) is -2.33. The molecule has 6 nitrogen and oxygen atoms in total. The maximum absolute atomic E-state index is 12.6. The molecule has 0 fully saturated rings. The van der Waals surface area contributed by atoms with E-state index in [1.165, 1.54) is 25.3 Å². The molecule has 0 bridgehead atoms. The zero-order valence-corrected chi connectivity index (χ0v) is 16.4. The van der Waals surface area contributed by atoms with E-state index in [1.807, 2.05) is 22.6 Å². The van der Waals surface area contributed by atoms with Gasteiger partial charge in [-0.15, -0.1) is 6.58 Å². The second-order valence-corrected chi connectivity index (χ2v) is 7.79. The highest BCUT2D eigenvalue weighted by atomic mass is 127. The predicted octanol–water partition coefficient (Wildman–Crippen LogP) is 3.02. The number of hydrogen-bond acceptors (Lipinski definition) is 4. The summed E-state index contributed by atoms with van der Waals surface area (Å²) in [6.45, 7) is 3.82. The van der Waals surface area contributed by atoms with Gasteiger partial charge in [0, 0.05) is 6.54 Å². The molecular formula is C17H17IN2O4S. The fraction of sp³-hybridized carbons (Fsp3) is 0.118. The molecule has 0 aliphatic heterocycles. The van der Waals surface area contributed by atoms with E-state index in [-0.39, 0.29) is 28.6 Å². The van der Waals surface area contributed by atoms with Crippen LogP contribution in [0.25, 0.3) is 0 Å². The van der Waals surface area contributed by atoms with Crippen LogP contribution in [-0.2, 0) is 10.0 Å². The molecule has 2 rings (SSSR count). The number of para-hydroxylation sites is 1. The van der Waals surface area contributed by atoms with E-state index in [0.717, 1.165) is 0 Å². The van der Waals surface area contributed by atoms with Crippen LogP contribution in [0.2, 0.25) is 0 Å². The van der Waals surface area contributed by atoms with Crippen LogP contribution in [0.5, 0.6) is 5.75 Å². The van der Waals surface area contributed by atoms with Crippen LogP contribution in [0.15, 0.2) is 60.0 Å². The maximum atomic E-state index is 12.6. The van der Waals surface area contributed by atoms with Gasteiger partial charge in [0.25, 0.3) is 15.9 Å². The van der Waals surface area contributed by atoms with E-state index >= 15 is 0 Å². The van der Waals surface area contributed by atoms with Gasteiger partial charge in [0.15, 0.2) is 0 Å². The molecule has 2 aromatic rings. The SMILES string of the molecule is C=CCNC(=O)c1ccccc1NS(=O)(=O)c1ccc(OC)c(I)c1. The number of carbonyl (C=O) groups is 1. The fourth-order valence-corrected chi connectivity index (χ4v) is 4.10. The van der Waals surface area contributed by atoms with E-state index in [9.17, 15) is 13.2 Å². The molecule has 0 spiro atoms. The molecule has 0 aliphatic carbocycles. The van der Waals surface area contributed by atoms with Gasteiger partial charge in [-0.1, -0.05) is 18.2 Å². The van der Waals surface area contributed by atoms with Crippen molar-refractivity contribution in [2.24, 2.45) is 0 Å². The average Bonchev–Trinajstić information content (AvgIpc) is 2.59. The number of hydrogen-bond donors (Lipinski definition) is 2. The number of anilines is 1. The molecule has 2 N–H and O–H groups in total. The van der Waals surface area contributed by atoms with Crippen LogP contribution in [0.1, 0.15) is 10.4 Å². The monoisotopic (exact) mass is 472 g/mol. The van der Waals surface area contributed by atoms with Crippen LogP contribution < -0.4 is 14.8 Å². The molecule has 0 saturated heterocycles.